The molecule has 5 heteroatoms. The molecule has 1 atom stereocenters. The van der Waals surface area contributed by atoms with Gasteiger partial charge < -0.3 is 24.4 Å². The molecule has 0 saturated heterocycles. The zero-order chi connectivity index (χ0) is 11.0. The summed E-state index contributed by atoms with van der Waals surface area (Å²) in [5.74, 6) is 0.715. The summed E-state index contributed by atoms with van der Waals surface area (Å²) in [6, 6.07) is 1.60. The van der Waals surface area contributed by atoms with Crippen LogP contribution in [0.5, 0.6) is 23.0 Å². The van der Waals surface area contributed by atoms with Crippen molar-refractivity contribution in [2.75, 3.05) is 20.8 Å². The molecule has 0 bridgehead atoms. The van der Waals surface area contributed by atoms with E-state index in [1.165, 1.54) is 14.2 Å². The number of aliphatic hydroxyl groups is 1. The molecular formula is C10H12O5. The van der Waals surface area contributed by atoms with Crippen molar-refractivity contribution in [3.63, 3.8) is 0 Å². The molecule has 0 aromatic heterocycles. The van der Waals surface area contributed by atoms with Gasteiger partial charge in [0.1, 0.15) is 12.7 Å². The van der Waals surface area contributed by atoms with Gasteiger partial charge in [-0.25, -0.2) is 0 Å². The number of hydrogen-bond donors (Lipinski definition) is 2. The average Bonchev–Trinajstić information content (AvgIpc) is 2.60. The van der Waals surface area contributed by atoms with E-state index in [9.17, 15) is 10.2 Å². The normalized spacial score (nSPS) is 18.2. The van der Waals surface area contributed by atoms with E-state index < -0.39 is 6.10 Å². The van der Waals surface area contributed by atoms with Gasteiger partial charge in [0.25, 0.3) is 0 Å². The highest BCUT2D eigenvalue weighted by atomic mass is 16.5. The van der Waals surface area contributed by atoms with Gasteiger partial charge in [0.15, 0.2) is 11.5 Å². The minimum atomic E-state index is -0.731. The number of ether oxygens (including phenoxy) is 3. The van der Waals surface area contributed by atoms with Gasteiger partial charge in [-0.15, -0.1) is 0 Å². The molecule has 0 spiro atoms. The molecular weight excluding hydrogens is 200 g/mol. The fraction of sp³-hybridized carbons (Fsp3) is 0.400. The molecule has 1 heterocycles. The molecule has 0 amide bonds. The Morgan fingerprint density at radius 2 is 2.13 bits per heavy atom. The van der Waals surface area contributed by atoms with Crippen molar-refractivity contribution in [3.8, 4) is 23.0 Å². The lowest BCUT2D eigenvalue weighted by molar-refractivity contribution is 0.139. The molecule has 0 fully saturated rings. The second-order valence-electron chi connectivity index (χ2n) is 3.21. The number of methoxy groups -OCH3 is 2. The van der Waals surface area contributed by atoms with Crippen molar-refractivity contribution in [3.05, 3.63) is 11.6 Å². The zero-order valence-electron chi connectivity index (χ0n) is 8.48. The standard InChI is InChI=1S/C10H12O5/c1-13-7-3-5-6(11)4-15-9(5)8(12)10(7)14-2/h3,6,11-12H,4H2,1-2H3. The van der Waals surface area contributed by atoms with E-state index in [-0.39, 0.29) is 23.9 Å². The van der Waals surface area contributed by atoms with Crippen molar-refractivity contribution in [2.24, 2.45) is 0 Å². The predicted molar refractivity (Wildman–Crippen MR) is 51.7 cm³/mol. The summed E-state index contributed by atoms with van der Waals surface area (Å²) >= 11 is 0. The lowest BCUT2D eigenvalue weighted by Gasteiger charge is -2.12. The van der Waals surface area contributed by atoms with E-state index in [1.54, 1.807) is 6.07 Å². The zero-order valence-corrected chi connectivity index (χ0v) is 8.48. The van der Waals surface area contributed by atoms with Crippen LogP contribution in [-0.4, -0.2) is 31.0 Å². The van der Waals surface area contributed by atoms with Gasteiger partial charge >= 0.3 is 0 Å². The lowest BCUT2D eigenvalue weighted by atomic mass is 10.1. The van der Waals surface area contributed by atoms with Crippen molar-refractivity contribution in [2.45, 2.75) is 6.10 Å². The van der Waals surface area contributed by atoms with Crippen LogP contribution in [0, 0.1) is 0 Å². The fourth-order valence-electron chi connectivity index (χ4n) is 1.63. The molecule has 1 aliphatic rings. The van der Waals surface area contributed by atoms with Crippen molar-refractivity contribution in [1.29, 1.82) is 0 Å². The molecule has 2 rings (SSSR count). The summed E-state index contributed by atoms with van der Waals surface area (Å²) in [7, 11) is 2.89. The highest BCUT2D eigenvalue weighted by Gasteiger charge is 2.29. The second kappa shape index (κ2) is 3.51. The minimum absolute atomic E-state index is 0.136. The van der Waals surface area contributed by atoms with E-state index >= 15 is 0 Å². The van der Waals surface area contributed by atoms with Crippen LogP contribution in [0.15, 0.2) is 6.07 Å². The maximum atomic E-state index is 9.80. The first-order chi connectivity index (χ1) is 7.19. The van der Waals surface area contributed by atoms with Gasteiger partial charge in [-0.2, -0.15) is 0 Å². The number of fused-ring (bicyclic) bond motifs is 1. The monoisotopic (exact) mass is 212 g/mol. The molecule has 1 unspecified atom stereocenters. The molecule has 82 valence electrons. The first-order valence-corrected chi connectivity index (χ1v) is 4.47. The first kappa shape index (κ1) is 9.92. The summed E-state index contributed by atoms with van der Waals surface area (Å²) in [5, 5.41) is 19.4. The van der Waals surface area contributed by atoms with Crippen LogP contribution in [0.1, 0.15) is 11.7 Å². The number of phenols is 1. The van der Waals surface area contributed by atoms with Crippen LogP contribution in [-0.2, 0) is 0 Å². The molecule has 0 saturated carbocycles. The SMILES string of the molecule is COc1cc2c(c(O)c1OC)OCC2O. The van der Waals surface area contributed by atoms with Gasteiger partial charge in [0.2, 0.25) is 11.5 Å². The Hall–Kier alpha value is -1.62. The molecule has 5 nitrogen and oxygen atoms in total. The number of aromatic hydroxyl groups is 1. The molecule has 2 N–H and O–H groups in total. The number of rotatable bonds is 2. The quantitative estimate of drug-likeness (QED) is 0.760. The van der Waals surface area contributed by atoms with Gasteiger partial charge in [-0.3, -0.25) is 0 Å². The third kappa shape index (κ3) is 1.35. The number of phenolic OH excluding ortho intramolecular Hbond substituents is 1. The van der Waals surface area contributed by atoms with Gasteiger partial charge in [0, 0.05) is 5.56 Å². The Kier molecular flexibility index (Phi) is 2.32. The topological polar surface area (TPSA) is 68.2 Å². The first-order valence-electron chi connectivity index (χ1n) is 4.47. The van der Waals surface area contributed by atoms with Crippen molar-refractivity contribution >= 4 is 0 Å². The van der Waals surface area contributed by atoms with E-state index in [1.807, 2.05) is 0 Å². The summed E-state index contributed by atoms with van der Waals surface area (Å²) in [6.45, 7) is 0.138. The van der Waals surface area contributed by atoms with Gasteiger partial charge in [-0.1, -0.05) is 0 Å². The molecule has 15 heavy (non-hydrogen) atoms. The van der Waals surface area contributed by atoms with Crippen LogP contribution >= 0.6 is 0 Å². The smallest absolute Gasteiger partial charge is 0.207 e. The largest absolute Gasteiger partial charge is 0.502 e. The number of aliphatic hydroxyl groups excluding tert-OH is 1. The van der Waals surface area contributed by atoms with E-state index in [0.29, 0.717) is 11.3 Å². The van der Waals surface area contributed by atoms with Crippen LogP contribution in [0.4, 0.5) is 0 Å². The van der Waals surface area contributed by atoms with Crippen LogP contribution < -0.4 is 14.2 Å². The molecule has 1 aromatic rings. The Morgan fingerprint density at radius 1 is 1.40 bits per heavy atom. The third-order valence-electron chi connectivity index (χ3n) is 2.37. The minimum Gasteiger partial charge on any atom is -0.502 e. The Bertz CT molecular complexity index is 384. The summed E-state index contributed by atoms with van der Waals surface area (Å²) in [4.78, 5) is 0. The summed E-state index contributed by atoms with van der Waals surface area (Å²) in [6.07, 6.45) is -0.731. The maximum absolute atomic E-state index is 9.80. The average molecular weight is 212 g/mol. The predicted octanol–water partition coefficient (Wildman–Crippen LogP) is 0.835. The molecule has 1 aromatic carbocycles. The van der Waals surface area contributed by atoms with E-state index in [0.717, 1.165) is 0 Å². The van der Waals surface area contributed by atoms with Gasteiger partial charge in [0.05, 0.1) is 14.2 Å². The number of hydrogen-bond acceptors (Lipinski definition) is 5. The van der Waals surface area contributed by atoms with Crippen molar-refractivity contribution in [1.82, 2.24) is 0 Å². The molecule has 0 radical (unpaired) electrons. The highest BCUT2D eigenvalue weighted by molar-refractivity contribution is 5.63. The highest BCUT2D eigenvalue weighted by Crippen LogP contribution is 2.50. The Labute approximate surface area is 86.8 Å². The maximum Gasteiger partial charge on any atom is 0.207 e. The Morgan fingerprint density at radius 3 is 2.73 bits per heavy atom. The third-order valence-corrected chi connectivity index (χ3v) is 2.37. The Balaban J connectivity index is 2.61. The van der Waals surface area contributed by atoms with Crippen molar-refractivity contribution < 1.29 is 24.4 Å². The van der Waals surface area contributed by atoms with E-state index in [2.05, 4.69) is 0 Å². The lowest BCUT2D eigenvalue weighted by Crippen LogP contribution is -1.97. The van der Waals surface area contributed by atoms with Gasteiger partial charge in [-0.05, 0) is 6.07 Å². The van der Waals surface area contributed by atoms with Crippen LogP contribution in [0.25, 0.3) is 0 Å². The molecule has 0 aliphatic carbocycles. The number of benzene rings is 1. The summed E-state index contributed by atoms with van der Waals surface area (Å²) < 4.78 is 15.2. The second-order valence-corrected chi connectivity index (χ2v) is 3.21. The van der Waals surface area contributed by atoms with Crippen LogP contribution in [0.3, 0.4) is 0 Å². The fourth-order valence-corrected chi connectivity index (χ4v) is 1.63. The van der Waals surface area contributed by atoms with Crippen LogP contribution in [0.2, 0.25) is 0 Å². The van der Waals surface area contributed by atoms with E-state index in [4.69, 9.17) is 14.2 Å². The summed E-state index contributed by atoms with van der Waals surface area (Å²) in [5.41, 5.74) is 0.519. The molecule has 1 aliphatic heterocycles.